The van der Waals surface area contributed by atoms with Gasteiger partial charge in [0.1, 0.15) is 0 Å². The van der Waals surface area contributed by atoms with Crippen molar-refractivity contribution >= 4 is 38.1 Å². The van der Waals surface area contributed by atoms with Gasteiger partial charge in [0.05, 0.1) is 10.9 Å². The number of nitrogens with one attached hydrogen (secondary N) is 2. The molecular weight excluding hydrogens is 360 g/mol. The molecule has 9 heteroatoms. The summed E-state index contributed by atoms with van der Waals surface area (Å²) in [5, 5.41) is 5.39. The van der Waals surface area contributed by atoms with E-state index in [1.165, 1.54) is 29.7 Å². The second-order valence-corrected chi connectivity index (χ2v) is 8.79. The van der Waals surface area contributed by atoms with Crippen molar-refractivity contribution in [2.24, 2.45) is 0 Å². The highest BCUT2D eigenvalue weighted by atomic mass is 32.2. The van der Waals surface area contributed by atoms with Gasteiger partial charge in [-0.3, -0.25) is 9.52 Å². The normalized spacial score (nSPS) is 20.9. The summed E-state index contributed by atoms with van der Waals surface area (Å²) in [5.41, 5.74) is 0.721. The quantitative estimate of drug-likeness (QED) is 0.800. The van der Waals surface area contributed by atoms with E-state index in [-0.39, 0.29) is 18.3 Å². The topological polar surface area (TPSA) is 91.4 Å². The summed E-state index contributed by atoms with van der Waals surface area (Å²) >= 11 is 1.22. The number of thiazole rings is 1. The van der Waals surface area contributed by atoms with Gasteiger partial charge in [0.2, 0.25) is 5.91 Å². The van der Waals surface area contributed by atoms with E-state index in [1.807, 2.05) is 0 Å². The highest BCUT2D eigenvalue weighted by Gasteiger charge is 2.36. The van der Waals surface area contributed by atoms with Crippen LogP contribution in [0.25, 0.3) is 0 Å². The number of sulfonamides is 1. The van der Waals surface area contributed by atoms with Gasteiger partial charge in [-0.15, -0.1) is 11.3 Å². The summed E-state index contributed by atoms with van der Waals surface area (Å²) in [5.74, 6) is 0.0587. The van der Waals surface area contributed by atoms with Crippen LogP contribution in [0.1, 0.15) is 20.7 Å². The molecule has 1 atom stereocenters. The third kappa shape index (κ3) is 3.53. The standard InChI is InChI=1S/C16H18N4O3S2.H2/c21-15-14(18-11-1-2-11)7-9-20(15)12-3-5-13(6-4-12)25(22,23)19-16-17-8-10-24-16;/h3-6,8,10-11,14,18H,1-2,7,9H2,(H,17,19);1H/t14-;/m0./s1. The summed E-state index contributed by atoms with van der Waals surface area (Å²) in [6.45, 7) is 0.646. The van der Waals surface area contributed by atoms with Crippen LogP contribution >= 0.6 is 11.3 Å². The molecule has 0 bridgehead atoms. The van der Waals surface area contributed by atoms with Crippen LogP contribution in [-0.4, -0.2) is 37.9 Å². The molecule has 1 aliphatic carbocycles. The lowest BCUT2D eigenvalue weighted by atomic mass is 10.2. The number of hydrogen-bond acceptors (Lipinski definition) is 6. The third-order valence-electron chi connectivity index (χ3n) is 4.33. The van der Waals surface area contributed by atoms with Gasteiger partial charge in [0, 0.05) is 31.3 Å². The Morgan fingerprint density at radius 2 is 1.96 bits per heavy atom. The largest absolute Gasteiger partial charge is 0.311 e. The summed E-state index contributed by atoms with van der Waals surface area (Å²) in [6.07, 6.45) is 4.60. The molecule has 1 saturated heterocycles. The first-order valence-corrected chi connectivity index (χ1v) is 10.5. The zero-order valence-electron chi connectivity index (χ0n) is 13.4. The number of amides is 1. The number of nitrogens with zero attached hydrogens (tertiary/aromatic N) is 2. The molecule has 2 aromatic rings. The molecule has 1 aromatic carbocycles. The Bertz CT molecular complexity index is 867. The fraction of sp³-hybridized carbons (Fsp3) is 0.375. The number of rotatable bonds is 6. The molecule has 1 aromatic heterocycles. The van der Waals surface area contributed by atoms with Crippen molar-refractivity contribution in [3.8, 4) is 0 Å². The molecule has 7 nitrogen and oxygen atoms in total. The first-order chi connectivity index (χ1) is 12.0. The van der Waals surface area contributed by atoms with Crippen LogP contribution in [0.15, 0.2) is 40.7 Å². The maximum Gasteiger partial charge on any atom is 0.263 e. The van der Waals surface area contributed by atoms with Crippen molar-refractivity contribution < 1.29 is 14.6 Å². The van der Waals surface area contributed by atoms with Gasteiger partial charge in [0.25, 0.3) is 10.0 Å². The average Bonchev–Trinajstić information content (AvgIpc) is 3.14. The van der Waals surface area contributed by atoms with Gasteiger partial charge >= 0.3 is 0 Å². The summed E-state index contributed by atoms with van der Waals surface area (Å²) in [4.78, 5) is 18.3. The van der Waals surface area contributed by atoms with Crippen molar-refractivity contribution in [1.82, 2.24) is 10.3 Å². The first kappa shape index (κ1) is 16.5. The molecule has 4 rings (SSSR count). The van der Waals surface area contributed by atoms with Gasteiger partial charge in [-0.05, 0) is 43.5 Å². The maximum absolute atomic E-state index is 12.5. The number of carbonyl (C=O) groups excluding carboxylic acids is 1. The van der Waals surface area contributed by atoms with Crippen molar-refractivity contribution in [1.29, 1.82) is 0 Å². The Morgan fingerprint density at radius 3 is 2.60 bits per heavy atom. The van der Waals surface area contributed by atoms with E-state index in [1.54, 1.807) is 22.4 Å². The van der Waals surface area contributed by atoms with Crippen LogP contribution in [-0.2, 0) is 14.8 Å². The van der Waals surface area contributed by atoms with Gasteiger partial charge in [-0.2, -0.15) is 0 Å². The molecule has 2 heterocycles. The van der Waals surface area contributed by atoms with E-state index in [0.29, 0.717) is 17.7 Å². The summed E-state index contributed by atoms with van der Waals surface area (Å²) in [6, 6.07) is 6.74. The van der Waals surface area contributed by atoms with Crippen LogP contribution in [0.2, 0.25) is 0 Å². The van der Waals surface area contributed by atoms with E-state index >= 15 is 0 Å². The predicted molar refractivity (Wildman–Crippen MR) is 98.4 cm³/mol. The smallest absolute Gasteiger partial charge is 0.263 e. The minimum absolute atomic E-state index is 0. The number of hydrogen-bond donors (Lipinski definition) is 2. The van der Waals surface area contributed by atoms with Gasteiger partial charge < -0.3 is 10.2 Å². The first-order valence-electron chi connectivity index (χ1n) is 8.13. The maximum atomic E-state index is 12.5. The Kier molecular flexibility index (Phi) is 4.22. The molecule has 1 amide bonds. The molecule has 0 spiro atoms. The van der Waals surface area contributed by atoms with Crippen LogP contribution in [0.5, 0.6) is 0 Å². The fourth-order valence-electron chi connectivity index (χ4n) is 2.88. The Hall–Kier alpha value is -1.97. The Labute approximate surface area is 151 Å². The molecule has 2 fully saturated rings. The lowest BCUT2D eigenvalue weighted by Gasteiger charge is -2.17. The SMILES string of the molecule is O=C1[C@@H](NC2CC2)CCN1c1ccc(S(=O)(=O)Nc2nccs2)cc1.[HH]. The number of anilines is 2. The molecule has 1 aliphatic heterocycles. The van der Waals surface area contributed by atoms with Crippen LogP contribution in [0.3, 0.4) is 0 Å². The monoisotopic (exact) mass is 380 g/mol. The van der Waals surface area contributed by atoms with Crippen LogP contribution in [0.4, 0.5) is 10.8 Å². The fourth-order valence-corrected chi connectivity index (χ4v) is 4.67. The van der Waals surface area contributed by atoms with E-state index in [4.69, 9.17) is 0 Å². The lowest BCUT2D eigenvalue weighted by molar-refractivity contribution is -0.118. The van der Waals surface area contributed by atoms with Gasteiger partial charge in [0.15, 0.2) is 5.13 Å². The van der Waals surface area contributed by atoms with Crippen molar-refractivity contribution in [2.45, 2.75) is 36.2 Å². The minimum atomic E-state index is -3.67. The van der Waals surface area contributed by atoms with Crippen molar-refractivity contribution in [2.75, 3.05) is 16.2 Å². The van der Waals surface area contributed by atoms with Crippen LogP contribution < -0.4 is 14.9 Å². The van der Waals surface area contributed by atoms with E-state index in [0.717, 1.165) is 24.9 Å². The highest BCUT2D eigenvalue weighted by Crippen LogP contribution is 2.27. The molecule has 1 saturated carbocycles. The molecule has 0 unspecified atom stereocenters. The second-order valence-electron chi connectivity index (χ2n) is 6.21. The summed E-state index contributed by atoms with van der Waals surface area (Å²) < 4.78 is 27.1. The molecule has 134 valence electrons. The molecule has 2 aliphatic rings. The predicted octanol–water partition coefficient (Wildman–Crippen LogP) is 2.05. The van der Waals surface area contributed by atoms with Gasteiger partial charge in [-0.25, -0.2) is 13.4 Å². The molecule has 2 N–H and O–H groups in total. The van der Waals surface area contributed by atoms with E-state index < -0.39 is 10.0 Å². The molecule has 0 radical (unpaired) electrons. The van der Waals surface area contributed by atoms with E-state index in [9.17, 15) is 13.2 Å². The zero-order valence-corrected chi connectivity index (χ0v) is 15.0. The average molecular weight is 380 g/mol. The third-order valence-corrected chi connectivity index (χ3v) is 6.51. The van der Waals surface area contributed by atoms with Crippen LogP contribution in [0, 0.1) is 0 Å². The highest BCUT2D eigenvalue weighted by molar-refractivity contribution is 7.93. The van der Waals surface area contributed by atoms with Crippen molar-refractivity contribution in [3.63, 3.8) is 0 Å². The second kappa shape index (κ2) is 6.40. The Balaban J connectivity index is 0.00000196. The number of aromatic nitrogens is 1. The summed E-state index contributed by atoms with van der Waals surface area (Å²) in [7, 11) is -3.67. The lowest BCUT2D eigenvalue weighted by Crippen LogP contribution is -2.39. The number of carbonyl (C=O) groups is 1. The molecule has 25 heavy (non-hydrogen) atoms. The Morgan fingerprint density at radius 1 is 1.20 bits per heavy atom. The molecular formula is C16H20N4O3S2. The van der Waals surface area contributed by atoms with E-state index in [2.05, 4.69) is 15.0 Å². The van der Waals surface area contributed by atoms with Gasteiger partial charge in [-0.1, -0.05) is 0 Å². The van der Waals surface area contributed by atoms with Crippen molar-refractivity contribution in [3.05, 3.63) is 35.8 Å². The minimum Gasteiger partial charge on any atom is -0.311 e. The zero-order chi connectivity index (χ0) is 17.4. The number of benzene rings is 1.